The van der Waals surface area contributed by atoms with Crippen molar-refractivity contribution in [1.82, 2.24) is 10.6 Å². The standard InChI is InChI=1S/C12H18N2O4/c1-3-8(4-2)14-12(17)13-7-9-5-6-10(18-9)11(15)16/h5-6,8H,3-4,7H2,1-2H3,(H,15,16)(H2,13,14,17). The normalized spacial score (nSPS) is 10.4. The quantitative estimate of drug-likeness (QED) is 0.723. The van der Waals surface area contributed by atoms with Crippen LogP contribution in [0, 0.1) is 0 Å². The maximum Gasteiger partial charge on any atom is 0.371 e. The zero-order valence-electron chi connectivity index (χ0n) is 10.5. The Morgan fingerprint density at radius 3 is 2.50 bits per heavy atom. The molecule has 100 valence electrons. The van der Waals surface area contributed by atoms with E-state index in [1.165, 1.54) is 12.1 Å². The maximum atomic E-state index is 11.5. The van der Waals surface area contributed by atoms with Gasteiger partial charge in [0.2, 0.25) is 5.76 Å². The van der Waals surface area contributed by atoms with Gasteiger partial charge >= 0.3 is 12.0 Å². The molecule has 0 atom stereocenters. The number of amides is 2. The van der Waals surface area contributed by atoms with Crippen LogP contribution in [-0.2, 0) is 6.54 Å². The van der Waals surface area contributed by atoms with Gasteiger partial charge in [0.05, 0.1) is 6.54 Å². The predicted molar refractivity (Wildman–Crippen MR) is 65.4 cm³/mol. The zero-order valence-corrected chi connectivity index (χ0v) is 10.5. The van der Waals surface area contributed by atoms with Gasteiger partial charge in [-0.1, -0.05) is 13.8 Å². The number of carbonyl (C=O) groups excluding carboxylic acids is 1. The van der Waals surface area contributed by atoms with Crippen LogP contribution in [0.5, 0.6) is 0 Å². The lowest BCUT2D eigenvalue weighted by atomic mass is 10.2. The van der Waals surface area contributed by atoms with Crippen molar-refractivity contribution < 1.29 is 19.1 Å². The molecule has 0 aliphatic rings. The third-order valence-corrected chi connectivity index (χ3v) is 2.62. The minimum absolute atomic E-state index is 0.132. The lowest BCUT2D eigenvalue weighted by Crippen LogP contribution is -2.41. The third-order valence-electron chi connectivity index (χ3n) is 2.62. The van der Waals surface area contributed by atoms with Gasteiger partial charge in [0.15, 0.2) is 0 Å². The molecule has 1 heterocycles. The lowest BCUT2D eigenvalue weighted by molar-refractivity contribution is 0.0660. The SMILES string of the molecule is CCC(CC)NC(=O)NCc1ccc(C(=O)O)o1. The summed E-state index contributed by atoms with van der Waals surface area (Å²) in [6.07, 6.45) is 1.74. The summed E-state index contributed by atoms with van der Waals surface area (Å²) in [6, 6.07) is 2.76. The van der Waals surface area contributed by atoms with Crippen molar-refractivity contribution in [2.24, 2.45) is 0 Å². The number of rotatable bonds is 6. The molecule has 0 unspecified atom stereocenters. The summed E-state index contributed by atoms with van der Waals surface area (Å²) < 4.78 is 5.01. The highest BCUT2D eigenvalue weighted by molar-refractivity contribution is 5.84. The molecule has 6 nitrogen and oxygen atoms in total. The minimum Gasteiger partial charge on any atom is -0.475 e. The average Bonchev–Trinajstić information content (AvgIpc) is 2.82. The number of hydrogen-bond acceptors (Lipinski definition) is 3. The molecule has 18 heavy (non-hydrogen) atoms. The van der Waals surface area contributed by atoms with Gasteiger partial charge in [0, 0.05) is 6.04 Å². The summed E-state index contributed by atoms with van der Waals surface area (Å²) in [5.41, 5.74) is 0. The molecule has 1 aromatic rings. The first-order valence-electron chi connectivity index (χ1n) is 5.93. The summed E-state index contributed by atoms with van der Waals surface area (Å²) in [5, 5.41) is 14.1. The largest absolute Gasteiger partial charge is 0.475 e. The first-order valence-corrected chi connectivity index (χ1v) is 5.93. The van der Waals surface area contributed by atoms with E-state index < -0.39 is 5.97 Å². The Balaban J connectivity index is 2.39. The number of nitrogens with one attached hydrogen (secondary N) is 2. The number of aromatic carboxylic acids is 1. The highest BCUT2D eigenvalue weighted by Gasteiger charge is 2.11. The molecule has 0 radical (unpaired) electrons. The second kappa shape index (κ2) is 6.68. The molecule has 0 spiro atoms. The number of urea groups is 1. The van der Waals surface area contributed by atoms with Crippen LogP contribution < -0.4 is 10.6 Å². The van der Waals surface area contributed by atoms with E-state index in [4.69, 9.17) is 9.52 Å². The summed E-state index contributed by atoms with van der Waals surface area (Å²) in [6.45, 7) is 4.17. The highest BCUT2D eigenvalue weighted by atomic mass is 16.4. The van der Waals surface area contributed by atoms with Crippen LogP contribution in [0.15, 0.2) is 16.5 Å². The Morgan fingerprint density at radius 1 is 1.33 bits per heavy atom. The number of carboxylic acid groups (broad SMARTS) is 1. The van der Waals surface area contributed by atoms with Crippen LogP contribution in [0.3, 0.4) is 0 Å². The van der Waals surface area contributed by atoms with Gasteiger partial charge in [0.25, 0.3) is 0 Å². The molecular formula is C12H18N2O4. The van der Waals surface area contributed by atoms with Crippen molar-refractivity contribution in [3.05, 3.63) is 23.7 Å². The molecule has 1 aromatic heterocycles. The Labute approximate surface area is 105 Å². The molecule has 0 saturated carbocycles. The van der Waals surface area contributed by atoms with E-state index in [1.54, 1.807) is 0 Å². The molecule has 0 bridgehead atoms. The van der Waals surface area contributed by atoms with E-state index in [0.717, 1.165) is 12.8 Å². The van der Waals surface area contributed by atoms with Crippen molar-refractivity contribution >= 4 is 12.0 Å². The molecule has 3 N–H and O–H groups in total. The van der Waals surface area contributed by atoms with Gasteiger partial charge in [-0.05, 0) is 25.0 Å². The van der Waals surface area contributed by atoms with Gasteiger partial charge in [0.1, 0.15) is 5.76 Å². The summed E-state index contributed by atoms with van der Waals surface area (Å²) >= 11 is 0. The van der Waals surface area contributed by atoms with Crippen molar-refractivity contribution in [3.63, 3.8) is 0 Å². The second-order valence-corrected chi connectivity index (χ2v) is 3.91. The summed E-state index contributed by atoms with van der Waals surface area (Å²) in [7, 11) is 0. The number of furan rings is 1. The Kier molecular flexibility index (Phi) is 5.23. The molecule has 0 aromatic carbocycles. The fourth-order valence-electron chi connectivity index (χ4n) is 1.48. The van der Waals surface area contributed by atoms with Crippen LogP contribution >= 0.6 is 0 Å². The van der Waals surface area contributed by atoms with Crippen LogP contribution in [0.25, 0.3) is 0 Å². The topological polar surface area (TPSA) is 91.6 Å². The average molecular weight is 254 g/mol. The summed E-state index contributed by atoms with van der Waals surface area (Å²) in [4.78, 5) is 22.1. The van der Waals surface area contributed by atoms with E-state index >= 15 is 0 Å². The number of hydrogen-bond donors (Lipinski definition) is 3. The number of carbonyl (C=O) groups is 2. The van der Waals surface area contributed by atoms with Crippen molar-refractivity contribution in [2.75, 3.05) is 0 Å². The fraction of sp³-hybridized carbons (Fsp3) is 0.500. The van der Waals surface area contributed by atoms with E-state index in [-0.39, 0.29) is 24.4 Å². The maximum absolute atomic E-state index is 11.5. The van der Waals surface area contributed by atoms with Gasteiger partial charge < -0.3 is 20.2 Å². The van der Waals surface area contributed by atoms with Gasteiger partial charge in [-0.2, -0.15) is 0 Å². The first kappa shape index (κ1) is 14.1. The molecule has 6 heteroatoms. The molecule has 0 fully saturated rings. The van der Waals surface area contributed by atoms with Gasteiger partial charge in [-0.25, -0.2) is 9.59 Å². The van der Waals surface area contributed by atoms with E-state index in [9.17, 15) is 9.59 Å². The minimum atomic E-state index is -1.12. The molecule has 2 amide bonds. The Bertz CT molecular complexity index is 410. The molecule has 1 rings (SSSR count). The number of carboxylic acids is 1. The molecular weight excluding hydrogens is 236 g/mol. The van der Waals surface area contributed by atoms with Crippen molar-refractivity contribution in [3.8, 4) is 0 Å². The van der Waals surface area contributed by atoms with Crippen LogP contribution in [0.2, 0.25) is 0 Å². The zero-order chi connectivity index (χ0) is 13.5. The van der Waals surface area contributed by atoms with Gasteiger partial charge in [-0.3, -0.25) is 0 Å². The van der Waals surface area contributed by atoms with E-state index in [2.05, 4.69) is 10.6 Å². The van der Waals surface area contributed by atoms with Crippen molar-refractivity contribution in [1.29, 1.82) is 0 Å². The smallest absolute Gasteiger partial charge is 0.371 e. The second-order valence-electron chi connectivity index (χ2n) is 3.91. The van der Waals surface area contributed by atoms with E-state index in [1.807, 2.05) is 13.8 Å². The molecule has 0 aliphatic heterocycles. The third kappa shape index (κ3) is 4.12. The first-order chi connectivity index (χ1) is 8.56. The van der Waals surface area contributed by atoms with Crippen molar-refractivity contribution in [2.45, 2.75) is 39.3 Å². The highest BCUT2D eigenvalue weighted by Crippen LogP contribution is 2.07. The molecule has 0 saturated heterocycles. The summed E-state index contributed by atoms with van der Waals surface area (Å²) in [5.74, 6) is -0.845. The van der Waals surface area contributed by atoms with Crippen LogP contribution in [-0.4, -0.2) is 23.1 Å². The molecule has 0 aliphatic carbocycles. The Hall–Kier alpha value is -1.98. The predicted octanol–water partition coefficient (Wildman–Crippen LogP) is 1.97. The van der Waals surface area contributed by atoms with Crippen LogP contribution in [0.1, 0.15) is 43.0 Å². The van der Waals surface area contributed by atoms with E-state index in [0.29, 0.717) is 5.76 Å². The Morgan fingerprint density at radius 2 is 2.00 bits per heavy atom. The van der Waals surface area contributed by atoms with Gasteiger partial charge in [-0.15, -0.1) is 0 Å². The monoisotopic (exact) mass is 254 g/mol. The van der Waals surface area contributed by atoms with Crippen LogP contribution in [0.4, 0.5) is 4.79 Å². The fourth-order valence-corrected chi connectivity index (χ4v) is 1.48. The lowest BCUT2D eigenvalue weighted by Gasteiger charge is -2.14.